The topological polar surface area (TPSA) is 154 Å². The van der Waals surface area contributed by atoms with Crippen LogP contribution in [0.3, 0.4) is 0 Å². The fourth-order valence-corrected chi connectivity index (χ4v) is 2.02. The van der Waals surface area contributed by atoms with Crippen LogP contribution in [0, 0.1) is 0 Å². The smallest absolute Gasteiger partial charge is 0.322 e. The Morgan fingerprint density at radius 2 is 1.79 bits per heavy atom. The lowest BCUT2D eigenvalue weighted by molar-refractivity contribution is -0.138. The molecule has 0 aliphatic rings. The number of carboxylic acids is 1. The van der Waals surface area contributed by atoms with Crippen molar-refractivity contribution in [2.24, 2.45) is 0 Å². The van der Waals surface area contributed by atoms with Crippen LogP contribution >= 0.6 is 11.8 Å². The second-order valence-electron chi connectivity index (χ2n) is 4.74. The fraction of sp³-hybridized carbons (Fsp3) is 0.615. The highest BCUT2D eigenvalue weighted by atomic mass is 32.2. The third kappa shape index (κ3) is 9.66. The number of thioether (sulfide) groups is 1. The molecule has 136 valence electrons. The number of carbonyl (C=O) groups excluding carboxylic acids is 4. The van der Waals surface area contributed by atoms with Crippen LogP contribution in [0.5, 0.6) is 0 Å². The molecule has 10 nitrogen and oxygen atoms in total. The van der Waals surface area contributed by atoms with Crippen molar-refractivity contribution in [2.45, 2.75) is 25.4 Å². The van der Waals surface area contributed by atoms with Crippen LogP contribution in [0.15, 0.2) is 0 Å². The Morgan fingerprint density at radius 1 is 1.12 bits per heavy atom. The zero-order valence-corrected chi connectivity index (χ0v) is 14.3. The highest BCUT2D eigenvalue weighted by Gasteiger charge is 2.22. The Kier molecular flexibility index (Phi) is 11.0. The molecule has 4 amide bonds. The van der Waals surface area contributed by atoms with Crippen molar-refractivity contribution in [1.29, 1.82) is 0 Å². The van der Waals surface area contributed by atoms with Crippen molar-refractivity contribution < 1.29 is 29.1 Å². The number of hydrogen-bond acceptors (Lipinski definition) is 6. The first kappa shape index (κ1) is 21.7. The molecular formula is C13H22N4O6S. The van der Waals surface area contributed by atoms with E-state index < -0.39 is 48.9 Å². The highest BCUT2D eigenvalue weighted by molar-refractivity contribution is 7.98. The maximum atomic E-state index is 12.0. The van der Waals surface area contributed by atoms with Crippen LogP contribution in [0.1, 0.15) is 13.3 Å². The second-order valence-corrected chi connectivity index (χ2v) is 5.72. The highest BCUT2D eigenvalue weighted by Crippen LogP contribution is 2.01. The standard InChI is InChI=1S/C13H22N4O6S/c1-8(12(22)15-5-10(19)14-6-11(20)21)17-13(23)9(16-7-18)3-4-24-2/h7-9H,3-6H2,1-2H3,(H,14,19)(H,15,22)(H,16,18)(H,17,23)(H,20,21)/t8-,9-/m0/s1. The number of hydrogen-bond donors (Lipinski definition) is 5. The van der Waals surface area contributed by atoms with Crippen LogP contribution in [-0.4, -0.2) is 72.4 Å². The van der Waals surface area contributed by atoms with E-state index in [1.807, 2.05) is 6.26 Å². The minimum Gasteiger partial charge on any atom is -0.480 e. The van der Waals surface area contributed by atoms with Crippen molar-refractivity contribution in [3.05, 3.63) is 0 Å². The van der Waals surface area contributed by atoms with E-state index in [0.717, 1.165) is 0 Å². The molecule has 0 aliphatic carbocycles. The average Bonchev–Trinajstić information content (AvgIpc) is 2.54. The Labute approximate surface area is 143 Å². The summed E-state index contributed by atoms with van der Waals surface area (Å²) in [5.41, 5.74) is 0. The molecule has 0 heterocycles. The predicted molar refractivity (Wildman–Crippen MR) is 87.2 cm³/mol. The van der Waals surface area contributed by atoms with Crippen molar-refractivity contribution in [3.8, 4) is 0 Å². The van der Waals surface area contributed by atoms with Gasteiger partial charge in [0.05, 0.1) is 6.54 Å². The van der Waals surface area contributed by atoms with Gasteiger partial charge >= 0.3 is 5.97 Å². The summed E-state index contributed by atoms with van der Waals surface area (Å²) in [5, 5.41) is 17.6. The molecule has 2 atom stereocenters. The van der Waals surface area contributed by atoms with Gasteiger partial charge in [0.25, 0.3) is 0 Å². The van der Waals surface area contributed by atoms with Gasteiger partial charge < -0.3 is 26.4 Å². The number of amides is 4. The largest absolute Gasteiger partial charge is 0.480 e. The van der Waals surface area contributed by atoms with E-state index in [2.05, 4.69) is 21.3 Å². The zero-order chi connectivity index (χ0) is 18.5. The third-order valence-corrected chi connectivity index (χ3v) is 3.45. The monoisotopic (exact) mass is 362 g/mol. The van der Waals surface area contributed by atoms with Gasteiger partial charge in [-0.2, -0.15) is 11.8 Å². The molecular weight excluding hydrogens is 340 g/mol. The molecule has 0 aromatic heterocycles. The SMILES string of the molecule is CSCC[C@H](NC=O)C(=O)N[C@@H](C)C(=O)NCC(=O)NCC(=O)O. The van der Waals surface area contributed by atoms with Crippen LogP contribution in [0.25, 0.3) is 0 Å². The van der Waals surface area contributed by atoms with Gasteiger partial charge in [-0.1, -0.05) is 0 Å². The predicted octanol–water partition coefficient (Wildman–Crippen LogP) is -2.32. The number of rotatable bonds is 12. The molecule has 0 saturated carbocycles. The Morgan fingerprint density at radius 3 is 2.33 bits per heavy atom. The second kappa shape index (κ2) is 12.2. The summed E-state index contributed by atoms with van der Waals surface area (Å²) in [6.45, 7) is 0.471. The summed E-state index contributed by atoms with van der Waals surface area (Å²) in [5.74, 6) is -2.32. The maximum absolute atomic E-state index is 12.0. The van der Waals surface area contributed by atoms with Crippen molar-refractivity contribution in [2.75, 3.05) is 25.1 Å². The lowest BCUT2D eigenvalue weighted by Gasteiger charge is -2.19. The van der Waals surface area contributed by atoms with Gasteiger partial charge in [0.15, 0.2) is 0 Å². The van der Waals surface area contributed by atoms with Gasteiger partial charge in [-0.15, -0.1) is 0 Å². The van der Waals surface area contributed by atoms with Crippen molar-refractivity contribution in [1.82, 2.24) is 21.3 Å². The average molecular weight is 362 g/mol. The quantitative estimate of drug-likeness (QED) is 0.244. The summed E-state index contributed by atoms with van der Waals surface area (Å²) in [7, 11) is 0. The van der Waals surface area contributed by atoms with Crippen LogP contribution in [0.2, 0.25) is 0 Å². The summed E-state index contributed by atoms with van der Waals surface area (Å²) in [6, 6.07) is -1.67. The van der Waals surface area contributed by atoms with Crippen LogP contribution in [-0.2, 0) is 24.0 Å². The van der Waals surface area contributed by atoms with Gasteiger partial charge in [0.2, 0.25) is 24.1 Å². The number of aliphatic carboxylic acids is 1. The molecule has 0 aromatic rings. The van der Waals surface area contributed by atoms with Gasteiger partial charge in [0, 0.05) is 0 Å². The summed E-state index contributed by atoms with van der Waals surface area (Å²) in [4.78, 5) is 55.9. The minimum absolute atomic E-state index is 0.408. The number of carboxylic acid groups (broad SMARTS) is 1. The summed E-state index contributed by atoms with van der Waals surface area (Å²) < 4.78 is 0. The maximum Gasteiger partial charge on any atom is 0.322 e. The molecule has 0 rings (SSSR count). The molecule has 0 saturated heterocycles. The van der Waals surface area contributed by atoms with Crippen LogP contribution in [0.4, 0.5) is 0 Å². The van der Waals surface area contributed by atoms with Crippen molar-refractivity contribution >= 4 is 41.9 Å². The van der Waals surface area contributed by atoms with E-state index in [1.165, 1.54) is 18.7 Å². The van der Waals surface area contributed by atoms with Crippen molar-refractivity contribution in [3.63, 3.8) is 0 Å². The summed E-state index contributed by atoms with van der Waals surface area (Å²) >= 11 is 1.51. The molecule has 0 radical (unpaired) electrons. The van der Waals surface area contributed by atoms with E-state index in [9.17, 15) is 24.0 Å². The molecule has 0 spiro atoms. The van der Waals surface area contributed by atoms with E-state index in [-0.39, 0.29) is 0 Å². The fourth-order valence-electron chi connectivity index (χ4n) is 1.54. The van der Waals surface area contributed by atoms with Gasteiger partial charge in [-0.05, 0) is 25.4 Å². The first-order chi connectivity index (χ1) is 11.3. The molecule has 0 aromatic carbocycles. The third-order valence-electron chi connectivity index (χ3n) is 2.81. The first-order valence-corrected chi connectivity index (χ1v) is 8.46. The molecule has 11 heteroatoms. The molecule has 24 heavy (non-hydrogen) atoms. The van der Waals surface area contributed by atoms with E-state index >= 15 is 0 Å². The van der Waals surface area contributed by atoms with Gasteiger partial charge in [-0.3, -0.25) is 24.0 Å². The normalized spacial score (nSPS) is 12.4. The Hall–Kier alpha value is -2.30. The minimum atomic E-state index is -1.20. The zero-order valence-electron chi connectivity index (χ0n) is 13.5. The van der Waals surface area contributed by atoms with E-state index in [1.54, 1.807) is 0 Å². The lowest BCUT2D eigenvalue weighted by Crippen LogP contribution is -2.52. The Bertz CT molecular complexity index is 473. The van der Waals surface area contributed by atoms with Gasteiger partial charge in [-0.25, -0.2) is 0 Å². The molecule has 0 bridgehead atoms. The molecule has 0 fully saturated rings. The molecule has 0 aliphatic heterocycles. The van der Waals surface area contributed by atoms with E-state index in [0.29, 0.717) is 18.6 Å². The Balaban J connectivity index is 4.31. The van der Waals surface area contributed by atoms with Crippen LogP contribution < -0.4 is 21.3 Å². The number of nitrogens with one attached hydrogen (secondary N) is 4. The van der Waals surface area contributed by atoms with E-state index in [4.69, 9.17) is 5.11 Å². The first-order valence-electron chi connectivity index (χ1n) is 7.07. The molecule has 0 unspecified atom stereocenters. The molecule has 5 N–H and O–H groups in total. The summed E-state index contributed by atoms with van der Waals surface area (Å²) in [6.07, 6.45) is 2.70. The van der Waals surface area contributed by atoms with Gasteiger partial charge in [0.1, 0.15) is 18.6 Å². The lowest BCUT2D eigenvalue weighted by atomic mass is 10.2. The number of carbonyl (C=O) groups is 5.